The maximum Gasteiger partial charge on any atom is 0.416 e. The maximum atomic E-state index is 12.5. The van der Waals surface area contributed by atoms with Crippen LogP contribution >= 0.6 is 11.6 Å². The van der Waals surface area contributed by atoms with Crippen molar-refractivity contribution in [2.45, 2.75) is 12.6 Å². The summed E-state index contributed by atoms with van der Waals surface area (Å²) in [6, 6.07) is 10.9. The lowest BCUT2D eigenvalue weighted by molar-refractivity contribution is -0.137. The van der Waals surface area contributed by atoms with Crippen LogP contribution in [0.25, 0.3) is 0 Å². The number of benzene rings is 2. The molecular formula is C17H14ClF3N2O2. The lowest BCUT2D eigenvalue weighted by atomic mass is 10.1. The number of hydrogen-bond donors (Lipinski definition) is 2. The van der Waals surface area contributed by atoms with Crippen LogP contribution < -0.4 is 10.6 Å². The van der Waals surface area contributed by atoms with E-state index in [-0.39, 0.29) is 12.2 Å². The van der Waals surface area contributed by atoms with Gasteiger partial charge in [0.25, 0.3) is 0 Å². The van der Waals surface area contributed by atoms with Gasteiger partial charge in [-0.15, -0.1) is 0 Å². The summed E-state index contributed by atoms with van der Waals surface area (Å²) in [7, 11) is 0. The number of anilines is 1. The zero-order valence-corrected chi connectivity index (χ0v) is 13.6. The normalized spacial score (nSPS) is 11.0. The second-order valence-electron chi connectivity index (χ2n) is 5.17. The Labute approximate surface area is 147 Å². The molecule has 2 amide bonds. The number of rotatable bonds is 4. The van der Waals surface area contributed by atoms with Gasteiger partial charge in [0.15, 0.2) is 0 Å². The van der Waals surface area contributed by atoms with E-state index < -0.39 is 23.6 Å². The number of halogens is 4. The fourth-order valence-corrected chi connectivity index (χ4v) is 2.24. The van der Waals surface area contributed by atoms with Crippen molar-refractivity contribution in [1.29, 1.82) is 0 Å². The van der Waals surface area contributed by atoms with E-state index >= 15 is 0 Å². The largest absolute Gasteiger partial charge is 0.416 e. The molecule has 2 aromatic carbocycles. The van der Waals surface area contributed by atoms with Crippen LogP contribution in [0.1, 0.15) is 11.1 Å². The van der Waals surface area contributed by atoms with E-state index in [1.54, 1.807) is 18.2 Å². The molecule has 0 saturated carbocycles. The van der Waals surface area contributed by atoms with Gasteiger partial charge in [-0.3, -0.25) is 9.59 Å². The second-order valence-corrected chi connectivity index (χ2v) is 5.60. The second kappa shape index (κ2) is 8.02. The highest BCUT2D eigenvalue weighted by atomic mass is 35.5. The van der Waals surface area contributed by atoms with Gasteiger partial charge < -0.3 is 10.6 Å². The summed E-state index contributed by atoms with van der Waals surface area (Å²) in [6.45, 7) is 0.222. The molecule has 132 valence electrons. The van der Waals surface area contributed by atoms with Gasteiger partial charge in [-0.25, -0.2) is 0 Å². The summed E-state index contributed by atoms with van der Waals surface area (Å²) in [5.41, 5.74) is 0.162. The van der Waals surface area contributed by atoms with Gasteiger partial charge in [0.2, 0.25) is 0 Å². The molecule has 0 aromatic heterocycles. The fraction of sp³-hybridized carbons (Fsp3) is 0.176. The number of hydrogen-bond acceptors (Lipinski definition) is 2. The zero-order valence-electron chi connectivity index (χ0n) is 12.9. The Balaban J connectivity index is 1.83. The van der Waals surface area contributed by atoms with Gasteiger partial charge in [0, 0.05) is 17.3 Å². The lowest BCUT2D eigenvalue weighted by Gasteiger charge is -2.09. The average molecular weight is 371 g/mol. The quantitative estimate of drug-likeness (QED) is 0.807. The fourth-order valence-electron chi connectivity index (χ4n) is 2.02. The molecule has 0 bridgehead atoms. The van der Waals surface area contributed by atoms with Crippen molar-refractivity contribution in [2.24, 2.45) is 0 Å². The molecule has 0 radical (unpaired) electrons. The number of amides is 2. The van der Waals surface area contributed by atoms with E-state index in [9.17, 15) is 22.8 Å². The third-order valence-corrected chi connectivity index (χ3v) is 3.50. The van der Waals surface area contributed by atoms with Crippen molar-refractivity contribution < 1.29 is 22.8 Å². The molecule has 0 aliphatic carbocycles. The Hall–Kier alpha value is -2.54. The van der Waals surface area contributed by atoms with Crippen molar-refractivity contribution in [3.8, 4) is 0 Å². The first-order chi connectivity index (χ1) is 11.8. The molecule has 0 aliphatic heterocycles. The van der Waals surface area contributed by atoms with E-state index in [1.165, 1.54) is 0 Å². The first-order valence-electron chi connectivity index (χ1n) is 7.26. The Morgan fingerprint density at radius 1 is 1.00 bits per heavy atom. The van der Waals surface area contributed by atoms with Crippen LogP contribution in [-0.2, 0) is 22.2 Å². The molecule has 0 unspecified atom stereocenters. The summed E-state index contributed by atoms with van der Waals surface area (Å²) < 4.78 is 37.4. The highest BCUT2D eigenvalue weighted by molar-refractivity contribution is 6.39. The molecule has 2 rings (SSSR count). The van der Waals surface area contributed by atoms with Gasteiger partial charge >= 0.3 is 18.0 Å². The number of alkyl halides is 3. The molecular weight excluding hydrogens is 357 g/mol. The van der Waals surface area contributed by atoms with Crippen molar-refractivity contribution in [3.63, 3.8) is 0 Å². The van der Waals surface area contributed by atoms with E-state index in [0.29, 0.717) is 11.4 Å². The van der Waals surface area contributed by atoms with Crippen LogP contribution in [0.2, 0.25) is 5.02 Å². The van der Waals surface area contributed by atoms with Gasteiger partial charge in [0.1, 0.15) is 0 Å². The summed E-state index contributed by atoms with van der Waals surface area (Å²) in [6.07, 6.45) is -3.97. The molecule has 0 spiro atoms. The zero-order chi connectivity index (χ0) is 18.4. The minimum Gasteiger partial charge on any atom is -0.347 e. The van der Waals surface area contributed by atoms with Crippen LogP contribution in [0.4, 0.5) is 18.9 Å². The van der Waals surface area contributed by atoms with Gasteiger partial charge in [-0.2, -0.15) is 13.2 Å². The van der Waals surface area contributed by atoms with Crippen LogP contribution in [0.3, 0.4) is 0 Å². The molecule has 0 heterocycles. The molecule has 8 heteroatoms. The average Bonchev–Trinajstić information content (AvgIpc) is 2.54. The van der Waals surface area contributed by atoms with E-state index in [2.05, 4.69) is 10.6 Å². The third-order valence-electron chi connectivity index (χ3n) is 3.26. The summed E-state index contributed by atoms with van der Waals surface area (Å²) in [4.78, 5) is 23.4. The maximum absolute atomic E-state index is 12.5. The van der Waals surface area contributed by atoms with Crippen molar-refractivity contribution in [2.75, 3.05) is 11.9 Å². The van der Waals surface area contributed by atoms with Gasteiger partial charge in [0.05, 0.1) is 5.56 Å². The van der Waals surface area contributed by atoms with E-state index in [0.717, 1.165) is 29.8 Å². The lowest BCUT2D eigenvalue weighted by Crippen LogP contribution is -2.36. The van der Waals surface area contributed by atoms with Gasteiger partial charge in [-0.05, 0) is 48.4 Å². The Morgan fingerprint density at radius 2 is 1.68 bits per heavy atom. The van der Waals surface area contributed by atoms with Crippen molar-refractivity contribution in [1.82, 2.24) is 5.32 Å². The Morgan fingerprint density at radius 3 is 2.28 bits per heavy atom. The molecule has 0 aliphatic rings. The van der Waals surface area contributed by atoms with Crippen LogP contribution in [0.15, 0.2) is 48.5 Å². The predicted octanol–water partition coefficient (Wildman–Crippen LogP) is 3.66. The monoisotopic (exact) mass is 370 g/mol. The highest BCUT2D eigenvalue weighted by Crippen LogP contribution is 2.29. The number of carbonyl (C=O) groups excluding carboxylic acids is 2. The first kappa shape index (κ1) is 18.8. The minimum atomic E-state index is -4.46. The third kappa shape index (κ3) is 5.79. The minimum absolute atomic E-state index is 0.1000. The molecule has 0 saturated heterocycles. The molecule has 2 N–H and O–H groups in total. The summed E-state index contributed by atoms with van der Waals surface area (Å²) in [5.74, 6) is -1.83. The topological polar surface area (TPSA) is 58.2 Å². The number of nitrogens with one attached hydrogen (secondary N) is 2. The SMILES string of the molecule is O=C(NCCc1cccc(Cl)c1)C(=O)Nc1ccc(C(F)(F)F)cc1. The molecule has 0 fully saturated rings. The smallest absolute Gasteiger partial charge is 0.347 e. The molecule has 2 aromatic rings. The predicted molar refractivity (Wildman–Crippen MR) is 88.2 cm³/mol. The first-order valence-corrected chi connectivity index (χ1v) is 7.64. The van der Waals surface area contributed by atoms with Crippen LogP contribution in [0.5, 0.6) is 0 Å². The molecule has 4 nitrogen and oxygen atoms in total. The van der Waals surface area contributed by atoms with Crippen molar-refractivity contribution >= 4 is 29.1 Å². The Kier molecular flexibility index (Phi) is 6.03. The number of carbonyl (C=O) groups is 2. The van der Waals surface area contributed by atoms with Crippen molar-refractivity contribution in [3.05, 3.63) is 64.7 Å². The summed E-state index contributed by atoms with van der Waals surface area (Å²) in [5, 5.41) is 5.24. The highest BCUT2D eigenvalue weighted by Gasteiger charge is 2.30. The standard InChI is InChI=1S/C17H14ClF3N2O2/c18-13-3-1-2-11(10-13)8-9-22-15(24)16(25)23-14-6-4-12(5-7-14)17(19,20)21/h1-7,10H,8-9H2,(H,22,24)(H,23,25). The summed E-state index contributed by atoms with van der Waals surface area (Å²) >= 11 is 5.84. The van der Waals surface area contributed by atoms with E-state index in [1.807, 2.05) is 6.07 Å². The molecule has 25 heavy (non-hydrogen) atoms. The van der Waals surface area contributed by atoms with Gasteiger partial charge in [-0.1, -0.05) is 23.7 Å². The van der Waals surface area contributed by atoms with Crippen LogP contribution in [-0.4, -0.2) is 18.4 Å². The van der Waals surface area contributed by atoms with E-state index in [4.69, 9.17) is 11.6 Å². The Bertz CT molecular complexity index is 761. The van der Waals surface area contributed by atoms with Crippen LogP contribution in [0, 0.1) is 0 Å². The molecule has 0 atom stereocenters.